The lowest BCUT2D eigenvalue weighted by Gasteiger charge is -2.15. The highest BCUT2D eigenvalue weighted by atomic mass is 16.5. The van der Waals surface area contributed by atoms with Crippen LogP contribution >= 0.6 is 0 Å². The molecule has 2 aromatic rings. The third kappa shape index (κ3) is 2.89. The first-order valence-corrected chi connectivity index (χ1v) is 6.63. The Morgan fingerprint density at radius 3 is 2.09 bits per heavy atom. The van der Waals surface area contributed by atoms with E-state index in [1.54, 1.807) is 18.2 Å². The molecule has 23 heavy (non-hydrogen) atoms. The molecular weight excluding hydrogens is 300 g/mol. The molecule has 8 nitrogen and oxygen atoms in total. The van der Waals surface area contributed by atoms with Gasteiger partial charge in [0.1, 0.15) is 23.4 Å². The minimum atomic E-state index is -0.659. The van der Waals surface area contributed by atoms with Crippen LogP contribution in [0.25, 0.3) is 0 Å². The van der Waals surface area contributed by atoms with E-state index < -0.39 is 11.2 Å². The van der Waals surface area contributed by atoms with Crippen LogP contribution in [0.15, 0.2) is 27.8 Å². The molecule has 0 radical (unpaired) electrons. The molecule has 0 unspecified atom stereocenters. The number of benzene rings is 1. The van der Waals surface area contributed by atoms with Gasteiger partial charge in [0.15, 0.2) is 5.56 Å². The van der Waals surface area contributed by atoms with Gasteiger partial charge in [-0.3, -0.25) is 13.9 Å². The third-order valence-corrected chi connectivity index (χ3v) is 3.39. The fourth-order valence-electron chi connectivity index (χ4n) is 2.11. The zero-order valence-corrected chi connectivity index (χ0v) is 13.2. The number of nitrogens with one attached hydrogen (secondary N) is 1. The number of hydrogen-bond acceptors (Lipinski definition) is 6. The highest BCUT2D eigenvalue weighted by Crippen LogP contribution is 2.28. The van der Waals surface area contributed by atoms with E-state index in [0.717, 1.165) is 4.57 Å². The maximum atomic E-state index is 12.1. The summed E-state index contributed by atoms with van der Waals surface area (Å²) in [4.78, 5) is 24.1. The van der Waals surface area contributed by atoms with Crippen LogP contribution < -0.4 is 26.0 Å². The van der Waals surface area contributed by atoms with Crippen LogP contribution in [-0.2, 0) is 14.1 Å². The summed E-state index contributed by atoms with van der Waals surface area (Å²) in [7, 11) is 5.81. The second-order valence-electron chi connectivity index (χ2n) is 4.77. The Hall–Kier alpha value is -3.21. The largest absolute Gasteiger partial charge is 0.497 e. The van der Waals surface area contributed by atoms with Crippen LogP contribution in [-0.4, -0.2) is 23.4 Å². The number of nitrogens with zero attached hydrogens (tertiary/aromatic N) is 3. The predicted octanol–water partition coefficient (Wildman–Crippen LogP) is 0.716. The van der Waals surface area contributed by atoms with E-state index in [1.807, 2.05) is 6.07 Å². The minimum Gasteiger partial charge on any atom is -0.497 e. The molecule has 0 amide bonds. The zero-order chi connectivity index (χ0) is 17.1. The Balaban J connectivity index is 2.64. The summed E-state index contributed by atoms with van der Waals surface area (Å²) in [5.74, 6) is 1.16. The summed E-state index contributed by atoms with van der Waals surface area (Å²) in [5, 5.41) is 12.2. The van der Waals surface area contributed by atoms with Gasteiger partial charge in [0.2, 0.25) is 0 Å². The summed E-state index contributed by atoms with van der Waals surface area (Å²) in [6.45, 7) is 0. The molecule has 0 spiro atoms. The van der Waals surface area contributed by atoms with Crippen molar-refractivity contribution >= 4 is 11.5 Å². The highest BCUT2D eigenvalue weighted by molar-refractivity contribution is 5.65. The van der Waals surface area contributed by atoms with Crippen LogP contribution in [0, 0.1) is 11.3 Å². The van der Waals surface area contributed by atoms with Crippen LogP contribution in [0.2, 0.25) is 0 Å². The average molecular weight is 316 g/mol. The van der Waals surface area contributed by atoms with E-state index in [9.17, 15) is 14.9 Å². The van der Waals surface area contributed by atoms with Gasteiger partial charge in [-0.25, -0.2) is 4.79 Å². The first kappa shape index (κ1) is 16.2. The Morgan fingerprint density at radius 1 is 1.04 bits per heavy atom. The van der Waals surface area contributed by atoms with E-state index in [0.29, 0.717) is 17.2 Å². The van der Waals surface area contributed by atoms with Crippen molar-refractivity contribution in [3.05, 3.63) is 44.6 Å². The fraction of sp³-hybridized carbons (Fsp3) is 0.267. The van der Waals surface area contributed by atoms with Crippen molar-refractivity contribution in [1.82, 2.24) is 9.13 Å². The summed E-state index contributed by atoms with van der Waals surface area (Å²) in [6.07, 6.45) is 0. The van der Waals surface area contributed by atoms with Gasteiger partial charge in [-0.2, -0.15) is 5.26 Å². The number of rotatable bonds is 4. The zero-order valence-electron chi connectivity index (χ0n) is 13.2. The molecular formula is C15H16N4O4. The van der Waals surface area contributed by atoms with Crippen molar-refractivity contribution in [3.8, 4) is 17.6 Å². The number of aromatic nitrogens is 2. The lowest BCUT2D eigenvalue weighted by atomic mass is 10.2. The van der Waals surface area contributed by atoms with Crippen LogP contribution in [0.4, 0.5) is 11.5 Å². The normalized spacial score (nSPS) is 10.0. The van der Waals surface area contributed by atoms with Crippen LogP contribution in [0.3, 0.4) is 0 Å². The van der Waals surface area contributed by atoms with Gasteiger partial charge in [0, 0.05) is 38.0 Å². The molecule has 0 fully saturated rings. The Bertz CT molecular complexity index is 883. The molecule has 8 heteroatoms. The Labute approximate surface area is 132 Å². The number of anilines is 2. The number of hydrogen-bond donors (Lipinski definition) is 1. The van der Waals surface area contributed by atoms with Gasteiger partial charge in [-0.15, -0.1) is 0 Å². The summed E-state index contributed by atoms with van der Waals surface area (Å²) >= 11 is 0. The topological polar surface area (TPSA) is 98.3 Å². The third-order valence-electron chi connectivity index (χ3n) is 3.39. The van der Waals surface area contributed by atoms with Crippen LogP contribution in [0.5, 0.6) is 11.5 Å². The van der Waals surface area contributed by atoms with E-state index in [1.165, 1.54) is 32.9 Å². The summed E-state index contributed by atoms with van der Waals surface area (Å²) < 4.78 is 12.4. The lowest BCUT2D eigenvalue weighted by Crippen LogP contribution is -2.39. The van der Waals surface area contributed by atoms with Crippen molar-refractivity contribution in [2.75, 3.05) is 19.5 Å². The van der Waals surface area contributed by atoms with Crippen LogP contribution in [0.1, 0.15) is 5.56 Å². The molecule has 1 heterocycles. The van der Waals surface area contributed by atoms with E-state index >= 15 is 0 Å². The fourth-order valence-corrected chi connectivity index (χ4v) is 2.11. The first-order chi connectivity index (χ1) is 10.9. The van der Waals surface area contributed by atoms with Gasteiger partial charge >= 0.3 is 5.69 Å². The molecule has 2 rings (SSSR count). The first-order valence-electron chi connectivity index (χ1n) is 6.63. The number of ether oxygens (including phenoxy) is 2. The maximum Gasteiger partial charge on any atom is 0.332 e. The lowest BCUT2D eigenvalue weighted by molar-refractivity contribution is 0.395. The molecule has 0 bridgehead atoms. The Morgan fingerprint density at radius 2 is 1.61 bits per heavy atom. The summed E-state index contributed by atoms with van der Waals surface area (Å²) in [6, 6.07) is 6.83. The highest BCUT2D eigenvalue weighted by Gasteiger charge is 2.16. The second-order valence-corrected chi connectivity index (χ2v) is 4.77. The number of nitriles is 1. The maximum absolute atomic E-state index is 12.1. The minimum absolute atomic E-state index is 0.107. The van der Waals surface area contributed by atoms with Gasteiger partial charge in [-0.1, -0.05) is 0 Å². The van der Waals surface area contributed by atoms with E-state index in [-0.39, 0.29) is 11.4 Å². The molecule has 0 aliphatic carbocycles. The smallest absolute Gasteiger partial charge is 0.332 e. The molecule has 0 aliphatic rings. The SMILES string of the molecule is COc1cc(Nc2c(C#N)c(=O)n(C)c(=O)n2C)cc(OC)c1. The van der Waals surface area contributed by atoms with E-state index in [4.69, 9.17) is 9.47 Å². The molecule has 0 atom stereocenters. The van der Waals surface area contributed by atoms with Crippen molar-refractivity contribution in [3.63, 3.8) is 0 Å². The Kier molecular flexibility index (Phi) is 4.41. The predicted molar refractivity (Wildman–Crippen MR) is 84.5 cm³/mol. The molecule has 0 saturated heterocycles. The van der Waals surface area contributed by atoms with Crippen molar-refractivity contribution in [1.29, 1.82) is 5.26 Å². The molecule has 1 N–H and O–H groups in total. The number of methoxy groups -OCH3 is 2. The average Bonchev–Trinajstić information content (AvgIpc) is 2.57. The van der Waals surface area contributed by atoms with E-state index in [2.05, 4.69) is 5.32 Å². The van der Waals surface area contributed by atoms with Gasteiger partial charge < -0.3 is 14.8 Å². The standard InChI is InChI=1S/C15H16N4O4/c1-18-13(12(8-16)14(20)19(2)15(18)21)17-9-5-10(22-3)7-11(6-9)23-4/h5-7,17H,1-4H3. The molecule has 0 aliphatic heterocycles. The van der Waals surface area contributed by atoms with Gasteiger partial charge in [0.25, 0.3) is 5.56 Å². The van der Waals surface area contributed by atoms with Gasteiger partial charge in [0.05, 0.1) is 14.2 Å². The van der Waals surface area contributed by atoms with Crippen molar-refractivity contribution in [2.24, 2.45) is 14.1 Å². The molecule has 1 aromatic carbocycles. The summed E-state index contributed by atoms with van der Waals surface area (Å²) in [5.41, 5.74) is -0.836. The van der Waals surface area contributed by atoms with Crippen molar-refractivity contribution in [2.45, 2.75) is 0 Å². The van der Waals surface area contributed by atoms with Crippen molar-refractivity contribution < 1.29 is 9.47 Å². The molecule has 1 aromatic heterocycles. The molecule has 120 valence electrons. The second kappa shape index (κ2) is 6.27. The van der Waals surface area contributed by atoms with Gasteiger partial charge in [-0.05, 0) is 0 Å². The monoisotopic (exact) mass is 316 g/mol. The quantitative estimate of drug-likeness (QED) is 0.892. The molecule has 0 saturated carbocycles.